The molecule has 6 rings (SSSR count). The Morgan fingerprint density at radius 2 is 1.10 bits per heavy atom. The average Bonchev–Trinajstić information content (AvgIpc) is 2.33. The number of piperidine rings is 2. The van der Waals surface area contributed by atoms with Gasteiger partial charge in [-0.05, 0) is 53.4 Å². The van der Waals surface area contributed by atoms with Crippen LogP contribution >= 0.6 is 0 Å². The van der Waals surface area contributed by atoms with Gasteiger partial charge in [-0.25, -0.2) is 0 Å². The highest BCUT2D eigenvalue weighted by Gasteiger charge is 2.54. The first kappa shape index (κ1) is 13.9. The summed E-state index contributed by atoms with van der Waals surface area (Å²) in [5, 5.41) is 0. The number of carbonyl (C=O) groups is 2. The van der Waals surface area contributed by atoms with E-state index in [4.69, 9.17) is 0 Å². The van der Waals surface area contributed by atoms with E-state index in [-0.39, 0.29) is 36.0 Å². The highest BCUT2D eigenvalue weighted by molar-refractivity contribution is 5.88. The molecule has 6 fully saturated rings. The van der Waals surface area contributed by atoms with Crippen LogP contribution in [0.4, 0.5) is 0 Å². The number of carbonyl (C=O) groups excluding carboxylic acids is 2. The lowest BCUT2D eigenvalue weighted by atomic mass is 9.70. The Kier molecular flexibility index (Phi) is 3.30. The lowest BCUT2D eigenvalue weighted by Crippen LogP contribution is -2.68. The van der Waals surface area contributed by atoms with E-state index in [1.807, 2.05) is 9.80 Å². The van der Waals surface area contributed by atoms with E-state index >= 15 is 0 Å². The first-order valence-corrected chi connectivity index (χ1v) is 8.07. The van der Waals surface area contributed by atoms with Gasteiger partial charge in [-0.2, -0.15) is 0 Å². The second-order valence-corrected chi connectivity index (χ2v) is 7.18. The maximum absolute atomic E-state index is 12.9. The molecule has 0 radical (unpaired) electrons. The molecule has 0 spiro atoms. The van der Waals surface area contributed by atoms with E-state index in [0.29, 0.717) is 11.8 Å². The number of rotatable bonds is 2. The summed E-state index contributed by atoms with van der Waals surface area (Å²) in [6.07, 6.45) is 3.94. The van der Waals surface area contributed by atoms with Crippen molar-refractivity contribution in [2.24, 2.45) is 11.8 Å². The quantitative estimate of drug-likeness (QED) is 0.775. The fourth-order valence-electron chi connectivity index (χ4n) is 4.71. The van der Waals surface area contributed by atoms with E-state index in [1.165, 1.54) is 0 Å². The van der Waals surface area contributed by atoms with Crippen LogP contribution in [0.3, 0.4) is 0 Å². The van der Waals surface area contributed by atoms with E-state index in [9.17, 15) is 9.59 Å². The summed E-state index contributed by atoms with van der Waals surface area (Å²) in [5.74, 6) is 0.649. The molecule has 2 amide bonds. The first-order chi connectivity index (χ1) is 9.43. The van der Waals surface area contributed by atoms with Crippen LogP contribution in [0.15, 0.2) is 0 Å². The third-order valence-corrected chi connectivity index (χ3v) is 5.45. The zero-order valence-corrected chi connectivity index (χ0v) is 13.0. The lowest BCUT2D eigenvalue weighted by Gasteiger charge is -2.56. The summed E-state index contributed by atoms with van der Waals surface area (Å²) in [6, 6.07) is 0.674. The Morgan fingerprint density at radius 3 is 1.40 bits per heavy atom. The molecule has 5 aliphatic heterocycles. The molecule has 0 aromatic rings. The monoisotopic (exact) mass is 278 g/mol. The molecule has 4 atom stereocenters. The van der Waals surface area contributed by atoms with Gasteiger partial charge in [-0.3, -0.25) is 9.59 Å². The van der Waals surface area contributed by atoms with Gasteiger partial charge < -0.3 is 9.80 Å². The van der Waals surface area contributed by atoms with Gasteiger partial charge >= 0.3 is 0 Å². The minimum atomic E-state index is 0.0289. The van der Waals surface area contributed by atoms with Crippen LogP contribution in [0.2, 0.25) is 0 Å². The molecular formula is C16H26N2O2. The van der Waals surface area contributed by atoms with Crippen LogP contribution < -0.4 is 0 Å². The SMILES string of the molecule is CC(C)N1C(=O)[C@@H]2CC[C@H]1[C@@H]1CC[C@@H]2N(C(C)C)C1=O. The molecule has 6 aliphatic rings. The summed E-state index contributed by atoms with van der Waals surface area (Å²) >= 11 is 0. The van der Waals surface area contributed by atoms with Crippen LogP contribution in [-0.2, 0) is 9.59 Å². The van der Waals surface area contributed by atoms with Crippen molar-refractivity contribution in [2.45, 2.75) is 77.5 Å². The maximum Gasteiger partial charge on any atom is 0.228 e. The summed E-state index contributed by atoms with van der Waals surface area (Å²) in [6.45, 7) is 8.31. The highest BCUT2D eigenvalue weighted by atomic mass is 16.2. The molecule has 0 aromatic carbocycles. The predicted molar refractivity (Wildman–Crippen MR) is 77.0 cm³/mol. The number of amides is 2. The lowest BCUT2D eigenvalue weighted by molar-refractivity contribution is -0.170. The van der Waals surface area contributed by atoms with Gasteiger partial charge in [0, 0.05) is 24.2 Å². The third-order valence-electron chi connectivity index (χ3n) is 5.45. The zero-order chi connectivity index (χ0) is 14.6. The molecule has 0 aromatic heterocycles. The number of hydrogen-bond donors (Lipinski definition) is 0. The van der Waals surface area contributed by atoms with Crippen molar-refractivity contribution < 1.29 is 9.59 Å². The summed E-state index contributed by atoms with van der Waals surface area (Å²) in [7, 11) is 0. The predicted octanol–water partition coefficient (Wildman–Crippen LogP) is 2.03. The van der Waals surface area contributed by atoms with Crippen LogP contribution in [0.25, 0.3) is 0 Å². The van der Waals surface area contributed by atoms with Crippen molar-refractivity contribution in [3.05, 3.63) is 0 Å². The van der Waals surface area contributed by atoms with Gasteiger partial charge in [-0.15, -0.1) is 0 Å². The van der Waals surface area contributed by atoms with Crippen molar-refractivity contribution in [3.8, 4) is 0 Å². The molecule has 4 heteroatoms. The van der Waals surface area contributed by atoms with Crippen molar-refractivity contribution in [1.82, 2.24) is 9.80 Å². The van der Waals surface area contributed by atoms with Crippen LogP contribution in [-0.4, -0.2) is 45.8 Å². The molecule has 5 saturated heterocycles. The fraction of sp³-hybridized carbons (Fsp3) is 0.875. The van der Waals surface area contributed by atoms with E-state index < -0.39 is 0 Å². The Bertz CT molecular complexity index is 392. The maximum atomic E-state index is 12.9. The standard InChI is InChI=1S/C16H26N2O2/c1-9(2)17-13-7-5-12(15(17)19)14-8-6-11(13)16(20)18(14)10(3)4/h9-14H,5-8H2,1-4H3/t11-,12+,13-,14-/m0/s1. The van der Waals surface area contributed by atoms with Gasteiger partial charge in [0.2, 0.25) is 11.8 Å². The van der Waals surface area contributed by atoms with E-state index in [0.717, 1.165) is 25.7 Å². The molecule has 5 heterocycles. The molecule has 20 heavy (non-hydrogen) atoms. The minimum absolute atomic E-state index is 0.0289. The second kappa shape index (κ2) is 4.74. The van der Waals surface area contributed by atoms with Gasteiger partial charge in [0.15, 0.2) is 0 Å². The Labute approximate surface area is 121 Å². The van der Waals surface area contributed by atoms with Crippen molar-refractivity contribution in [1.29, 1.82) is 0 Å². The summed E-state index contributed by atoms with van der Waals surface area (Å²) in [5.41, 5.74) is 0. The smallest absolute Gasteiger partial charge is 0.228 e. The largest absolute Gasteiger partial charge is 0.336 e. The molecule has 112 valence electrons. The molecule has 4 bridgehead atoms. The Balaban J connectivity index is 2.04. The first-order valence-electron chi connectivity index (χ1n) is 8.07. The van der Waals surface area contributed by atoms with Crippen LogP contribution in [0.5, 0.6) is 0 Å². The normalized spacial score (nSPS) is 37.1. The minimum Gasteiger partial charge on any atom is -0.336 e. The van der Waals surface area contributed by atoms with Crippen molar-refractivity contribution in [2.75, 3.05) is 0 Å². The summed E-state index contributed by atoms with van der Waals surface area (Å²) < 4.78 is 0. The van der Waals surface area contributed by atoms with Crippen molar-refractivity contribution >= 4 is 11.8 Å². The molecular weight excluding hydrogens is 252 g/mol. The van der Waals surface area contributed by atoms with Gasteiger partial charge in [0.05, 0.1) is 11.8 Å². The average molecular weight is 278 g/mol. The fourth-order valence-corrected chi connectivity index (χ4v) is 4.71. The molecule has 0 unspecified atom stereocenters. The van der Waals surface area contributed by atoms with E-state index in [2.05, 4.69) is 27.7 Å². The second-order valence-electron chi connectivity index (χ2n) is 7.18. The highest BCUT2D eigenvalue weighted by Crippen LogP contribution is 2.44. The topological polar surface area (TPSA) is 40.6 Å². The Hall–Kier alpha value is -1.06. The molecule has 0 N–H and O–H groups in total. The Morgan fingerprint density at radius 1 is 0.750 bits per heavy atom. The van der Waals surface area contributed by atoms with E-state index in [1.54, 1.807) is 0 Å². The van der Waals surface area contributed by atoms with Gasteiger partial charge in [0.25, 0.3) is 0 Å². The number of nitrogens with zero attached hydrogens (tertiary/aromatic N) is 2. The van der Waals surface area contributed by atoms with Gasteiger partial charge in [0.1, 0.15) is 0 Å². The molecule has 1 saturated carbocycles. The van der Waals surface area contributed by atoms with Crippen molar-refractivity contribution in [3.63, 3.8) is 0 Å². The zero-order valence-electron chi connectivity index (χ0n) is 13.0. The van der Waals surface area contributed by atoms with Crippen LogP contribution in [0, 0.1) is 11.8 Å². The van der Waals surface area contributed by atoms with Crippen LogP contribution in [0.1, 0.15) is 53.4 Å². The molecule has 4 nitrogen and oxygen atoms in total. The van der Waals surface area contributed by atoms with Gasteiger partial charge in [-0.1, -0.05) is 0 Å². The number of hydrogen-bond acceptors (Lipinski definition) is 2. The third kappa shape index (κ3) is 1.80. The molecule has 1 aliphatic carbocycles. The summed E-state index contributed by atoms with van der Waals surface area (Å²) in [4.78, 5) is 29.8.